The van der Waals surface area contributed by atoms with Gasteiger partial charge in [0.25, 0.3) is 0 Å². The summed E-state index contributed by atoms with van der Waals surface area (Å²) in [4.78, 5) is 26.9. The highest BCUT2D eigenvalue weighted by Crippen LogP contribution is 2.18. The van der Waals surface area contributed by atoms with E-state index in [1.807, 2.05) is 38.8 Å². The lowest BCUT2D eigenvalue weighted by atomic mass is 10.2. The van der Waals surface area contributed by atoms with E-state index < -0.39 is 5.97 Å². The number of aliphatic carboxylic acids is 1. The molecule has 1 amide bonds. The molecular weight excluding hydrogens is 306 g/mol. The van der Waals surface area contributed by atoms with E-state index in [-0.39, 0.29) is 24.1 Å². The lowest BCUT2D eigenvalue weighted by molar-refractivity contribution is -0.133. The SMILES string of the molecule is CC.CCC(=O)N1CCCC1CN(C)C/C=C\C(=C/CN)C(=O)O. The van der Waals surface area contributed by atoms with Crippen LogP contribution in [0.3, 0.4) is 0 Å². The number of likely N-dealkylation sites (tertiary alicyclic amines) is 1. The standard InChI is InChI=1S/C16H27N3O3.C2H6/c1-3-15(20)19-11-5-7-14(19)12-18(2)10-4-6-13(8-9-17)16(21)22;1-2/h4,6,8,14H,3,5,7,9-12,17H2,1-2H3,(H,21,22);1-2H3/b6-4-,13-8+;. The summed E-state index contributed by atoms with van der Waals surface area (Å²) in [5.74, 6) is -0.759. The van der Waals surface area contributed by atoms with Crippen molar-refractivity contribution in [2.24, 2.45) is 5.73 Å². The van der Waals surface area contributed by atoms with E-state index in [4.69, 9.17) is 10.8 Å². The van der Waals surface area contributed by atoms with Crippen molar-refractivity contribution in [1.82, 2.24) is 9.80 Å². The number of likely N-dealkylation sites (N-methyl/N-ethyl adjacent to an activating group) is 1. The zero-order valence-corrected chi connectivity index (χ0v) is 15.5. The Morgan fingerprint density at radius 1 is 1.38 bits per heavy atom. The number of carbonyl (C=O) groups excluding carboxylic acids is 1. The Morgan fingerprint density at radius 3 is 2.58 bits per heavy atom. The van der Waals surface area contributed by atoms with Crippen LogP contribution in [0, 0.1) is 0 Å². The summed E-state index contributed by atoms with van der Waals surface area (Å²) in [6, 6.07) is 0.268. The molecule has 6 nitrogen and oxygen atoms in total. The van der Waals surface area contributed by atoms with E-state index in [1.165, 1.54) is 6.08 Å². The van der Waals surface area contributed by atoms with E-state index in [0.717, 1.165) is 25.9 Å². The van der Waals surface area contributed by atoms with Gasteiger partial charge in [0.1, 0.15) is 0 Å². The van der Waals surface area contributed by atoms with Crippen LogP contribution < -0.4 is 5.73 Å². The maximum absolute atomic E-state index is 11.9. The number of amides is 1. The van der Waals surface area contributed by atoms with Crippen molar-refractivity contribution in [3.05, 3.63) is 23.8 Å². The van der Waals surface area contributed by atoms with Crippen molar-refractivity contribution in [2.45, 2.75) is 46.1 Å². The van der Waals surface area contributed by atoms with Crippen molar-refractivity contribution >= 4 is 11.9 Å². The molecule has 0 saturated carbocycles. The number of carboxylic acids is 1. The van der Waals surface area contributed by atoms with Crippen LogP contribution in [-0.4, -0.2) is 66.1 Å². The highest BCUT2D eigenvalue weighted by atomic mass is 16.4. The van der Waals surface area contributed by atoms with Crippen LogP contribution in [0.1, 0.15) is 40.0 Å². The molecule has 1 atom stereocenters. The first-order valence-electron chi connectivity index (χ1n) is 8.77. The van der Waals surface area contributed by atoms with E-state index >= 15 is 0 Å². The first-order chi connectivity index (χ1) is 11.5. The van der Waals surface area contributed by atoms with Crippen molar-refractivity contribution in [3.8, 4) is 0 Å². The number of nitrogens with zero attached hydrogens (tertiary/aromatic N) is 2. The molecule has 3 N–H and O–H groups in total. The molecule has 1 rings (SSSR count). The zero-order valence-electron chi connectivity index (χ0n) is 15.5. The maximum Gasteiger partial charge on any atom is 0.335 e. The largest absolute Gasteiger partial charge is 0.478 e. The summed E-state index contributed by atoms with van der Waals surface area (Å²) in [6.45, 7) is 8.39. The van der Waals surface area contributed by atoms with Gasteiger partial charge < -0.3 is 20.6 Å². The second-order valence-corrected chi connectivity index (χ2v) is 5.56. The summed E-state index contributed by atoms with van der Waals surface area (Å²) in [5, 5.41) is 8.99. The smallest absolute Gasteiger partial charge is 0.335 e. The molecule has 1 aliphatic heterocycles. The summed E-state index contributed by atoms with van der Waals surface area (Å²) in [5.41, 5.74) is 5.55. The minimum absolute atomic E-state index is 0.206. The number of rotatable bonds is 8. The molecule has 0 aromatic rings. The molecule has 0 aromatic heterocycles. The Morgan fingerprint density at radius 2 is 2.04 bits per heavy atom. The molecule has 24 heavy (non-hydrogen) atoms. The minimum Gasteiger partial charge on any atom is -0.478 e. The van der Waals surface area contributed by atoms with Gasteiger partial charge in [0.15, 0.2) is 0 Å². The monoisotopic (exact) mass is 339 g/mol. The Labute approximate surface area is 146 Å². The second-order valence-electron chi connectivity index (χ2n) is 5.56. The van der Waals surface area contributed by atoms with E-state index in [0.29, 0.717) is 13.0 Å². The summed E-state index contributed by atoms with van der Waals surface area (Å²) >= 11 is 0. The van der Waals surface area contributed by atoms with Crippen molar-refractivity contribution < 1.29 is 14.7 Å². The molecule has 1 heterocycles. The minimum atomic E-state index is -0.972. The van der Waals surface area contributed by atoms with Gasteiger partial charge in [0, 0.05) is 38.6 Å². The normalized spacial score (nSPS) is 18.0. The van der Waals surface area contributed by atoms with Crippen LogP contribution in [0.4, 0.5) is 0 Å². The van der Waals surface area contributed by atoms with Gasteiger partial charge >= 0.3 is 5.97 Å². The molecule has 0 aromatic carbocycles. The first kappa shape index (κ1) is 22.3. The lowest BCUT2D eigenvalue weighted by Gasteiger charge is -2.28. The zero-order chi connectivity index (χ0) is 18.5. The molecule has 0 aliphatic carbocycles. The van der Waals surface area contributed by atoms with Crippen LogP contribution >= 0.6 is 0 Å². The fraction of sp³-hybridized carbons (Fsp3) is 0.667. The molecular formula is C18H33N3O3. The van der Waals surface area contributed by atoms with Crippen LogP contribution in [0.5, 0.6) is 0 Å². The van der Waals surface area contributed by atoms with Crippen LogP contribution in [0.15, 0.2) is 23.8 Å². The van der Waals surface area contributed by atoms with Gasteiger partial charge in [0.2, 0.25) is 5.91 Å². The van der Waals surface area contributed by atoms with Gasteiger partial charge in [0.05, 0.1) is 5.57 Å². The average Bonchev–Trinajstić information content (AvgIpc) is 3.03. The Kier molecular flexibility index (Phi) is 11.8. The molecule has 6 heteroatoms. The molecule has 1 unspecified atom stereocenters. The molecule has 0 radical (unpaired) electrons. The second kappa shape index (κ2) is 12.7. The third kappa shape index (κ3) is 7.75. The predicted octanol–water partition coefficient (Wildman–Crippen LogP) is 1.87. The van der Waals surface area contributed by atoms with Crippen molar-refractivity contribution in [3.63, 3.8) is 0 Å². The molecule has 138 valence electrons. The molecule has 0 spiro atoms. The average molecular weight is 339 g/mol. The third-order valence-corrected chi connectivity index (χ3v) is 3.82. The van der Waals surface area contributed by atoms with Crippen LogP contribution in [-0.2, 0) is 9.59 Å². The predicted molar refractivity (Wildman–Crippen MR) is 97.8 cm³/mol. The fourth-order valence-corrected chi connectivity index (χ4v) is 2.70. The number of carbonyl (C=O) groups is 2. The summed E-state index contributed by atoms with van der Waals surface area (Å²) in [6.07, 6.45) is 7.52. The number of carboxylic acid groups (broad SMARTS) is 1. The van der Waals surface area contributed by atoms with Gasteiger partial charge in [-0.05, 0) is 19.9 Å². The van der Waals surface area contributed by atoms with Gasteiger partial charge in [-0.2, -0.15) is 0 Å². The van der Waals surface area contributed by atoms with Crippen molar-refractivity contribution in [2.75, 3.05) is 33.2 Å². The van der Waals surface area contributed by atoms with Crippen molar-refractivity contribution in [1.29, 1.82) is 0 Å². The van der Waals surface area contributed by atoms with Crippen LogP contribution in [0.25, 0.3) is 0 Å². The number of hydrogen-bond acceptors (Lipinski definition) is 4. The first-order valence-corrected chi connectivity index (χ1v) is 8.77. The van der Waals surface area contributed by atoms with Gasteiger partial charge in [-0.15, -0.1) is 0 Å². The fourth-order valence-electron chi connectivity index (χ4n) is 2.70. The highest BCUT2D eigenvalue weighted by molar-refractivity contribution is 5.89. The summed E-state index contributed by atoms with van der Waals surface area (Å²) < 4.78 is 0. The topological polar surface area (TPSA) is 86.9 Å². The number of hydrogen-bond donors (Lipinski definition) is 2. The lowest BCUT2D eigenvalue weighted by Crippen LogP contribution is -2.42. The molecule has 1 aliphatic rings. The Balaban J connectivity index is 0.00000254. The third-order valence-electron chi connectivity index (χ3n) is 3.82. The number of nitrogens with two attached hydrogens (primary N) is 1. The van der Waals surface area contributed by atoms with E-state index in [9.17, 15) is 9.59 Å². The maximum atomic E-state index is 11.9. The van der Waals surface area contributed by atoms with Crippen LogP contribution in [0.2, 0.25) is 0 Å². The molecule has 1 fully saturated rings. The molecule has 0 bridgehead atoms. The Hall–Kier alpha value is -1.66. The van der Waals surface area contributed by atoms with E-state index in [1.54, 1.807) is 6.08 Å². The highest BCUT2D eigenvalue weighted by Gasteiger charge is 2.28. The van der Waals surface area contributed by atoms with E-state index in [2.05, 4.69) is 4.90 Å². The van der Waals surface area contributed by atoms with Gasteiger partial charge in [-0.3, -0.25) is 4.79 Å². The quantitative estimate of drug-likeness (QED) is 0.521. The summed E-state index contributed by atoms with van der Waals surface area (Å²) in [7, 11) is 1.98. The molecule has 1 saturated heterocycles. The van der Waals surface area contributed by atoms with Gasteiger partial charge in [-0.25, -0.2) is 4.79 Å². The Bertz CT molecular complexity index is 447. The van der Waals surface area contributed by atoms with Gasteiger partial charge in [-0.1, -0.05) is 39.0 Å².